The third kappa shape index (κ3) is 1.57. The Morgan fingerprint density at radius 1 is 1.50 bits per heavy atom. The van der Waals surface area contributed by atoms with Gasteiger partial charge in [-0.1, -0.05) is 0 Å². The van der Waals surface area contributed by atoms with Crippen molar-refractivity contribution in [2.24, 2.45) is 0 Å². The van der Waals surface area contributed by atoms with Crippen molar-refractivity contribution in [2.45, 2.75) is 0 Å². The van der Waals surface area contributed by atoms with Crippen molar-refractivity contribution in [2.75, 3.05) is 7.11 Å². The number of aromatic hydroxyl groups is 1. The molecule has 2 aromatic rings. The second kappa shape index (κ2) is 3.99. The molecule has 2 rings (SSSR count). The number of nitrogens with zero attached hydrogens (tertiary/aromatic N) is 2. The van der Waals surface area contributed by atoms with Crippen molar-refractivity contribution in [1.29, 1.82) is 5.26 Å². The van der Waals surface area contributed by atoms with E-state index in [0.717, 1.165) is 0 Å². The second-order valence-electron chi connectivity index (χ2n) is 3.14. The van der Waals surface area contributed by atoms with Gasteiger partial charge in [0, 0.05) is 17.6 Å². The molecule has 1 aromatic carbocycles. The highest BCUT2D eigenvalue weighted by molar-refractivity contribution is 9.10. The van der Waals surface area contributed by atoms with E-state index in [1.165, 1.54) is 6.20 Å². The van der Waals surface area contributed by atoms with Crippen LogP contribution in [0.15, 0.2) is 22.8 Å². The molecule has 80 valence electrons. The van der Waals surface area contributed by atoms with E-state index in [0.29, 0.717) is 21.1 Å². The molecule has 0 aliphatic heterocycles. The molecule has 1 N–H and O–H groups in total. The van der Waals surface area contributed by atoms with Crippen molar-refractivity contribution in [3.63, 3.8) is 0 Å². The number of rotatable bonds is 1. The smallest absolute Gasteiger partial charge is 0.144 e. The van der Waals surface area contributed by atoms with E-state index in [-0.39, 0.29) is 11.3 Å². The van der Waals surface area contributed by atoms with Gasteiger partial charge in [-0.05, 0) is 22.0 Å². The van der Waals surface area contributed by atoms with Crippen molar-refractivity contribution in [1.82, 2.24) is 4.98 Å². The molecule has 16 heavy (non-hydrogen) atoms. The first-order chi connectivity index (χ1) is 7.67. The molecule has 0 spiro atoms. The lowest BCUT2D eigenvalue weighted by molar-refractivity contribution is 0.412. The minimum absolute atomic E-state index is 0.0594. The molecule has 4 nitrogen and oxygen atoms in total. The third-order valence-electron chi connectivity index (χ3n) is 2.23. The topological polar surface area (TPSA) is 66.1 Å². The summed E-state index contributed by atoms with van der Waals surface area (Å²) in [6, 6.07) is 5.25. The molecule has 0 atom stereocenters. The lowest BCUT2D eigenvalue weighted by atomic mass is 10.1. The molecule has 0 saturated heterocycles. The number of fused-ring (bicyclic) bond motifs is 1. The zero-order valence-corrected chi connectivity index (χ0v) is 9.95. The molecular weight excluding hydrogens is 272 g/mol. The summed E-state index contributed by atoms with van der Waals surface area (Å²) in [5.74, 6) is 0.569. The van der Waals surface area contributed by atoms with Gasteiger partial charge in [-0.25, -0.2) is 0 Å². The van der Waals surface area contributed by atoms with E-state index in [1.54, 1.807) is 19.2 Å². The maximum atomic E-state index is 9.81. The van der Waals surface area contributed by atoms with Gasteiger partial charge in [-0.15, -0.1) is 0 Å². The molecule has 1 aromatic heterocycles. The zero-order chi connectivity index (χ0) is 11.7. The minimum Gasteiger partial charge on any atom is -0.506 e. The summed E-state index contributed by atoms with van der Waals surface area (Å²) in [6.45, 7) is 0. The monoisotopic (exact) mass is 278 g/mol. The van der Waals surface area contributed by atoms with Crippen LogP contribution in [0, 0.1) is 11.3 Å². The molecule has 0 bridgehead atoms. The predicted octanol–water partition coefficient (Wildman–Crippen LogP) is 2.58. The summed E-state index contributed by atoms with van der Waals surface area (Å²) >= 11 is 3.31. The van der Waals surface area contributed by atoms with Crippen molar-refractivity contribution in [3.05, 3.63) is 28.4 Å². The Kier molecular flexibility index (Phi) is 2.67. The van der Waals surface area contributed by atoms with Crippen LogP contribution in [0.4, 0.5) is 0 Å². The number of hydrogen-bond acceptors (Lipinski definition) is 4. The molecule has 0 aliphatic carbocycles. The fraction of sp³-hybridized carbons (Fsp3) is 0.0909. The van der Waals surface area contributed by atoms with Crippen molar-refractivity contribution >= 4 is 26.8 Å². The quantitative estimate of drug-likeness (QED) is 0.871. The van der Waals surface area contributed by atoms with E-state index in [9.17, 15) is 5.11 Å². The Labute approximate surface area is 100 Å². The van der Waals surface area contributed by atoms with Crippen LogP contribution in [0.25, 0.3) is 10.9 Å². The summed E-state index contributed by atoms with van der Waals surface area (Å²) < 4.78 is 5.82. The number of nitriles is 1. The molecular formula is C11H7BrN2O2. The highest BCUT2D eigenvalue weighted by Crippen LogP contribution is 2.34. The maximum absolute atomic E-state index is 9.81. The summed E-state index contributed by atoms with van der Waals surface area (Å²) in [6.07, 6.45) is 1.34. The number of benzene rings is 1. The Balaban J connectivity index is 2.82. The van der Waals surface area contributed by atoms with Gasteiger partial charge in [0.2, 0.25) is 0 Å². The molecule has 0 radical (unpaired) electrons. The third-order valence-corrected chi connectivity index (χ3v) is 2.85. The van der Waals surface area contributed by atoms with Gasteiger partial charge in [0.05, 0.1) is 17.1 Å². The molecule has 0 unspecified atom stereocenters. The first kappa shape index (κ1) is 10.7. The number of halogens is 1. The zero-order valence-electron chi connectivity index (χ0n) is 8.36. The van der Waals surface area contributed by atoms with E-state index in [2.05, 4.69) is 20.9 Å². The normalized spacial score (nSPS) is 10.1. The number of methoxy groups -OCH3 is 1. The van der Waals surface area contributed by atoms with Gasteiger partial charge in [0.25, 0.3) is 0 Å². The summed E-state index contributed by atoms with van der Waals surface area (Å²) in [7, 11) is 1.55. The average molecular weight is 279 g/mol. The molecule has 0 aliphatic rings. The minimum atomic E-state index is -0.0594. The first-order valence-corrected chi connectivity index (χ1v) is 5.22. The van der Waals surface area contributed by atoms with Crippen LogP contribution in [0.2, 0.25) is 0 Å². The van der Waals surface area contributed by atoms with Gasteiger partial charge < -0.3 is 9.84 Å². The largest absolute Gasteiger partial charge is 0.506 e. The number of ether oxygens (including phenoxy) is 1. The van der Waals surface area contributed by atoms with Crippen LogP contribution in [0.1, 0.15) is 5.56 Å². The highest BCUT2D eigenvalue weighted by atomic mass is 79.9. The van der Waals surface area contributed by atoms with Crippen molar-refractivity contribution in [3.8, 4) is 17.6 Å². The highest BCUT2D eigenvalue weighted by Gasteiger charge is 2.10. The van der Waals surface area contributed by atoms with Crippen LogP contribution in [0.5, 0.6) is 11.5 Å². The van der Waals surface area contributed by atoms with Gasteiger partial charge in [-0.2, -0.15) is 5.26 Å². The van der Waals surface area contributed by atoms with Gasteiger partial charge in [-0.3, -0.25) is 4.98 Å². The van der Waals surface area contributed by atoms with Crippen LogP contribution in [0.3, 0.4) is 0 Å². The Morgan fingerprint density at radius 3 is 2.88 bits per heavy atom. The van der Waals surface area contributed by atoms with E-state index in [1.807, 2.05) is 6.07 Å². The van der Waals surface area contributed by atoms with E-state index < -0.39 is 0 Å². The molecule has 1 heterocycles. The fourth-order valence-electron chi connectivity index (χ4n) is 1.42. The Hall–Kier alpha value is -1.80. The van der Waals surface area contributed by atoms with Crippen molar-refractivity contribution < 1.29 is 9.84 Å². The fourth-order valence-corrected chi connectivity index (χ4v) is 1.92. The van der Waals surface area contributed by atoms with Gasteiger partial charge in [0.15, 0.2) is 0 Å². The summed E-state index contributed by atoms with van der Waals surface area (Å²) in [5, 5.41) is 19.1. The number of aromatic nitrogens is 1. The van der Waals surface area contributed by atoms with Gasteiger partial charge in [0.1, 0.15) is 23.1 Å². The molecule has 0 fully saturated rings. The predicted molar refractivity (Wildman–Crippen MR) is 62.4 cm³/mol. The lowest BCUT2D eigenvalue weighted by Crippen LogP contribution is -1.88. The number of pyridine rings is 1. The molecule has 5 heteroatoms. The van der Waals surface area contributed by atoms with Crippen LogP contribution >= 0.6 is 15.9 Å². The Morgan fingerprint density at radius 2 is 2.25 bits per heavy atom. The average Bonchev–Trinajstić information content (AvgIpc) is 2.30. The summed E-state index contributed by atoms with van der Waals surface area (Å²) in [5.41, 5.74) is 0.737. The van der Waals surface area contributed by atoms with E-state index in [4.69, 9.17) is 10.00 Å². The molecule has 0 amide bonds. The second-order valence-corrected chi connectivity index (χ2v) is 3.99. The summed E-state index contributed by atoms with van der Waals surface area (Å²) in [4.78, 5) is 4.08. The lowest BCUT2D eigenvalue weighted by Gasteiger charge is -2.06. The van der Waals surface area contributed by atoms with Crippen LogP contribution in [-0.4, -0.2) is 17.2 Å². The Bertz CT molecular complexity index is 605. The van der Waals surface area contributed by atoms with Crippen LogP contribution < -0.4 is 4.74 Å². The number of hydrogen-bond donors (Lipinski definition) is 1. The standard InChI is InChI=1S/C11H7BrN2O2/c1-16-10-3-9-7(2-8(10)12)11(15)6(4-13)5-14-9/h2-3,5H,1H3,(H,14,15). The van der Waals surface area contributed by atoms with Gasteiger partial charge >= 0.3 is 0 Å². The first-order valence-electron chi connectivity index (χ1n) is 4.42. The van der Waals surface area contributed by atoms with Crippen LogP contribution in [-0.2, 0) is 0 Å². The maximum Gasteiger partial charge on any atom is 0.144 e. The van der Waals surface area contributed by atoms with E-state index >= 15 is 0 Å². The molecule has 0 saturated carbocycles. The SMILES string of the molecule is COc1cc2ncc(C#N)c(O)c2cc1Br.